The van der Waals surface area contributed by atoms with Gasteiger partial charge in [0.05, 0.1) is 30.8 Å². The van der Waals surface area contributed by atoms with Crippen LogP contribution in [0.5, 0.6) is 6.01 Å². The molecule has 228 valence electrons. The lowest BCUT2D eigenvalue weighted by atomic mass is 9.90. The molecule has 4 aliphatic rings. The van der Waals surface area contributed by atoms with Crippen molar-refractivity contribution < 1.29 is 14.3 Å². The minimum absolute atomic E-state index is 0.128. The Labute approximate surface area is 254 Å². The van der Waals surface area contributed by atoms with Crippen molar-refractivity contribution in [1.82, 2.24) is 19.8 Å². The number of nitrogens with zero attached hydrogens (tertiary/aromatic N) is 7. The van der Waals surface area contributed by atoms with Crippen LogP contribution in [-0.4, -0.2) is 103 Å². The van der Waals surface area contributed by atoms with Crippen LogP contribution < -0.4 is 14.5 Å². The van der Waals surface area contributed by atoms with E-state index >= 15 is 0 Å². The fourth-order valence-electron chi connectivity index (χ4n) is 7.38. The summed E-state index contributed by atoms with van der Waals surface area (Å²) in [5, 5.41) is 9.54. The zero-order valence-corrected chi connectivity index (χ0v) is 25.3. The van der Waals surface area contributed by atoms with E-state index in [2.05, 4.69) is 51.6 Å². The molecule has 3 atom stereocenters. The normalized spacial score (nSPS) is 23.5. The molecular formula is C33H43N7O3. The van der Waals surface area contributed by atoms with E-state index in [-0.39, 0.29) is 18.4 Å². The van der Waals surface area contributed by atoms with Crippen molar-refractivity contribution in [2.24, 2.45) is 0 Å². The highest BCUT2D eigenvalue weighted by atomic mass is 16.5. The van der Waals surface area contributed by atoms with E-state index in [1.54, 1.807) is 12.0 Å². The van der Waals surface area contributed by atoms with E-state index in [9.17, 15) is 10.1 Å². The number of methoxy groups -OCH3 is 1. The molecule has 1 aromatic heterocycles. The van der Waals surface area contributed by atoms with Gasteiger partial charge < -0.3 is 24.2 Å². The zero-order chi connectivity index (χ0) is 29.8. The molecule has 4 heterocycles. The molecule has 6 rings (SSSR count). The molecule has 2 saturated heterocycles. The number of hydrogen-bond donors (Lipinski definition) is 0. The summed E-state index contributed by atoms with van der Waals surface area (Å²) in [4.78, 5) is 31.6. The lowest BCUT2D eigenvalue weighted by Gasteiger charge is -2.42. The number of anilines is 2. The van der Waals surface area contributed by atoms with Crippen molar-refractivity contribution in [2.45, 2.75) is 63.1 Å². The number of piperazine rings is 1. The zero-order valence-electron chi connectivity index (χ0n) is 25.3. The number of hydrogen-bond acceptors (Lipinski definition) is 9. The van der Waals surface area contributed by atoms with Crippen molar-refractivity contribution in [3.8, 4) is 12.1 Å². The van der Waals surface area contributed by atoms with Crippen molar-refractivity contribution >= 4 is 17.4 Å². The first-order chi connectivity index (χ1) is 21.1. The van der Waals surface area contributed by atoms with Gasteiger partial charge in [-0.15, -0.1) is 0 Å². The van der Waals surface area contributed by atoms with E-state index in [0.29, 0.717) is 50.9 Å². The molecule has 0 saturated carbocycles. The Kier molecular flexibility index (Phi) is 9.10. The SMILES string of the molecule is C=CC(=O)N1CCN(c2nc(OCC3CCCN3CCOC)nc3c2CCC(N2CCc4ccccc42)C3)CC1CC#N. The first kappa shape index (κ1) is 29.4. The largest absolute Gasteiger partial charge is 0.462 e. The van der Waals surface area contributed by atoms with Gasteiger partial charge in [0.1, 0.15) is 12.4 Å². The molecule has 1 amide bonds. The van der Waals surface area contributed by atoms with E-state index in [1.165, 1.54) is 22.9 Å². The second kappa shape index (κ2) is 13.3. The summed E-state index contributed by atoms with van der Waals surface area (Å²) in [7, 11) is 1.74. The van der Waals surface area contributed by atoms with Gasteiger partial charge in [0.15, 0.2) is 0 Å². The summed E-state index contributed by atoms with van der Waals surface area (Å²) in [5.74, 6) is 0.772. The molecule has 1 aromatic carbocycles. The molecule has 43 heavy (non-hydrogen) atoms. The van der Waals surface area contributed by atoms with Gasteiger partial charge in [-0.2, -0.15) is 15.2 Å². The Bertz CT molecular complexity index is 1360. The second-order valence-electron chi connectivity index (χ2n) is 12.1. The topological polar surface area (TPSA) is 98.1 Å². The maximum atomic E-state index is 12.6. The third-order valence-corrected chi connectivity index (χ3v) is 9.62. The Balaban J connectivity index is 1.27. The van der Waals surface area contributed by atoms with Crippen molar-refractivity contribution in [2.75, 3.05) is 69.4 Å². The number of fused-ring (bicyclic) bond motifs is 2. The quantitative estimate of drug-likeness (QED) is 0.390. The highest BCUT2D eigenvalue weighted by Crippen LogP contribution is 2.37. The van der Waals surface area contributed by atoms with E-state index in [0.717, 1.165) is 69.7 Å². The molecule has 1 aliphatic carbocycles. The third-order valence-electron chi connectivity index (χ3n) is 9.62. The number of amides is 1. The van der Waals surface area contributed by atoms with Gasteiger partial charge >= 0.3 is 6.01 Å². The Hall–Kier alpha value is -3.68. The standard InChI is InChI=1S/C33H43N7O3/c1-3-31(41)40-18-17-38(22-26(40)12-14-34)32-28-11-10-25(39-16-13-24-7-4-5-9-30(24)39)21-29(28)35-33(36-32)43-23-27-8-6-15-37(27)19-20-42-2/h3-5,7,9,25-27H,1,6,8,10-13,15-23H2,2H3. The molecule has 3 unspecified atom stereocenters. The van der Waals surface area contributed by atoms with Crippen LogP contribution in [0.2, 0.25) is 0 Å². The highest BCUT2D eigenvalue weighted by molar-refractivity contribution is 5.87. The maximum absolute atomic E-state index is 12.6. The Morgan fingerprint density at radius 1 is 1.14 bits per heavy atom. The highest BCUT2D eigenvalue weighted by Gasteiger charge is 2.36. The first-order valence-corrected chi connectivity index (χ1v) is 15.7. The smallest absolute Gasteiger partial charge is 0.318 e. The third kappa shape index (κ3) is 6.20. The van der Waals surface area contributed by atoms with Crippen LogP contribution in [0.1, 0.15) is 42.5 Å². The van der Waals surface area contributed by atoms with E-state index < -0.39 is 0 Å². The van der Waals surface area contributed by atoms with Crippen LogP contribution in [0.3, 0.4) is 0 Å². The van der Waals surface area contributed by atoms with Gasteiger partial charge in [-0.3, -0.25) is 9.69 Å². The first-order valence-electron chi connectivity index (χ1n) is 15.7. The van der Waals surface area contributed by atoms with Crippen LogP contribution in [-0.2, 0) is 28.8 Å². The van der Waals surface area contributed by atoms with E-state index in [4.69, 9.17) is 19.4 Å². The summed E-state index contributed by atoms with van der Waals surface area (Å²) in [6, 6.07) is 11.9. The predicted molar refractivity (Wildman–Crippen MR) is 165 cm³/mol. The minimum atomic E-state index is -0.218. The summed E-state index contributed by atoms with van der Waals surface area (Å²) >= 11 is 0. The van der Waals surface area contributed by atoms with Gasteiger partial charge in [0.2, 0.25) is 5.91 Å². The van der Waals surface area contributed by atoms with E-state index in [1.807, 2.05) is 0 Å². The maximum Gasteiger partial charge on any atom is 0.318 e. The van der Waals surface area contributed by atoms with Crippen molar-refractivity contribution in [1.29, 1.82) is 5.26 Å². The number of ether oxygens (including phenoxy) is 2. The molecule has 3 aliphatic heterocycles. The monoisotopic (exact) mass is 585 g/mol. The molecule has 0 N–H and O–H groups in total. The molecule has 2 fully saturated rings. The van der Waals surface area contributed by atoms with Crippen LogP contribution in [0.4, 0.5) is 11.5 Å². The van der Waals surface area contributed by atoms with Crippen LogP contribution in [0.15, 0.2) is 36.9 Å². The molecule has 0 spiro atoms. The summed E-state index contributed by atoms with van der Waals surface area (Å²) in [6.45, 7) is 9.62. The van der Waals surface area contributed by atoms with Crippen molar-refractivity contribution in [3.63, 3.8) is 0 Å². The number of carbonyl (C=O) groups excluding carboxylic acids is 1. The molecule has 2 aromatic rings. The Morgan fingerprint density at radius 2 is 2.02 bits per heavy atom. The molecule has 10 heteroatoms. The van der Waals surface area contributed by atoms with Crippen LogP contribution >= 0.6 is 0 Å². The number of aromatic nitrogens is 2. The fraction of sp³-hybridized carbons (Fsp3) is 0.576. The lowest BCUT2D eigenvalue weighted by Crippen LogP contribution is -2.55. The number of carbonyl (C=O) groups is 1. The summed E-state index contributed by atoms with van der Waals surface area (Å²) in [6.07, 6.45) is 7.69. The Morgan fingerprint density at radius 3 is 2.86 bits per heavy atom. The molecule has 0 radical (unpaired) electrons. The number of likely N-dealkylation sites (tertiary alicyclic amines) is 1. The number of benzene rings is 1. The minimum Gasteiger partial charge on any atom is -0.462 e. The summed E-state index contributed by atoms with van der Waals surface area (Å²) in [5.41, 5.74) is 5.01. The number of para-hydroxylation sites is 1. The van der Waals surface area contributed by atoms with Gasteiger partial charge in [-0.25, -0.2) is 0 Å². The van der Waals surface area contributed by atoms with Crippen molar-refractivity contribution in [3.05, 3.63) is 53.7 Å². The van der Waals surface area contributed by atoms with Gasteiger partial charge in [0.25, 0.3) is 0 Å². The van der Waals surface area contributed by atoms with Gasteiger partial charge in [-0.1, -0.05) is 24.8 Å². The molecular weight excluding hydrogens is 542 g/mol. The second-order valence-corrected chi connectivity index (χ2v) is 12.1. The predicted octanol–water partition coefficient (Wildman–Crippen LogP) is 3.00. The van der Waals surface area contributed by atoms with Gasteiger partial charge in [-0.05, 0) is 56.4 Å². The van der Waals surface area contributed by atoms with Crippen LogP contribution in [0.25, 0.3) is 0 Å². The average molecular weight is 586 g/mol. The average Bonchev–Trinajstić information content (AvgIpc) is 3.68. The van der Waals surface area contributed by atoms with Gasteiger partial charge in [0, 0.05) is 69.6 Å². The number of rotatable bonds is 10. The number of nitriles is 1. The molecule has 10 nitrogen and oxygen atoms in total. The lowest BCUT2D eigenvalue weighted by molar-refractivity contribution is -0.128. The van der Waals surface area contributed by atoms with Crippen LogP contribution in [0, 0.1) is 11.3 Å². The molecule has 0 bridgehead atoms. The summed E-state index contributed by atoms with van der Waals surface area (Å²) < 4.78 is 11.7. The fourth-order valence-corrected chi connectivity index (χ4v) is 7.38.